The molecule has 3 aromatic heterocycles. The van der Waals surface area contributed by atoms with Crippen LogP contribution in [0.4, 0.5) is 28.8 Å². The molecule has 0 fully saturated rings. The van der Waals surface area contributed by atoms with Crippen molar-refractivity contribution in [1.82, 2.24) is 19.9 Å². The SMILES string of the molecule is Cc1cccc(Nc2ncnc(Nc3cccc4nc(C)ccc34)c2N)n1. The molecule has 0 aliphatic heterocycles. The summed E-state index contributed by atoms with van der Waals surface area (Å²) in [6.45, 7) is 3.90. The Kier molecular flexibility index (Phi) is 4.25. The second-order valence-corrected chi connectivity index (χ2v) is 6.22. The van der Waals surface area contributed by atoms with Crippen molar-refractivity contribution in [2.24, 2.45) is 0 Å². The van der Waals surface area contributed by atoms with E-state index >= 15 is 0 Å². The van der Waals surface area contributed by atoms with Crippen molar-refractivity contribution in [1.29, 1.82) is 0 Å². The molecule has 0 bridgehead atoms. The summed E-state index contributed by atoms with van der Waals surface area (Å²) in [5.74, 6) is 1.70. The first kappa shape index (κ1) is 16.7. The van der Waals surface area contributed by atoms with Gasteiger partial charge < -0.3 is 16.4 Å². The molecule has 134 valence electrons. The molecule has 7 nitrogen and oxygen atoms in total. The largest absolute Gasteiger partial charge is 0.393 e. The highest BCUT2D eigenvalue weighted by Gasteiger charge is 2.11. The summed E-state index contributed by atoms with van der Waals surface area (Å²) < 4.78 is 0. The van der Waals surface area contributed by atoms with Crippen molar-refractivity contribution >= 4 is 39.7 Å². The molecular weight excluding hydrogens is 338 g/mol. The summed E-state index contributed by atoms with van der Waals surface area (Å²) >= 11 is 0. The zero-order valence-electron chi connectivity index (χ0n) is 15.1. The number of aromatic nitrogens is 4. The van der Waals surface area contributed by atoms with E-state index in [-0.39, 0.29) is 0 Å². The zero-order chi connectivity index (χ0) is 18.8. The van der Waals surface area contributed by atoms with Crippen molar-refractivity contribution in [2.75, 3.05) is 16.4 Å². The fourth-order valence-electron chi connectivity index (χ4n) is 2.82. The summed E-state index contributed by atoms with van der Waals surface area (Å²) in [5, 5.41) is 7.44. The minimum atomic E-state index is 0.415. The highest BCUT2D eigenvalue weighted by molar-refractivity contribution is 5.94. The number of nitrogen functional groups attached to an aromatic ring is 1. The van der Waals surface area contributed by atoms with Gasteiger partial charge in [0.1, 0.15) is 17.8 Å². The number of nitrogens with two attached hydrogens (primary N) is 1. The van der Waals surface area contributed by atoms with Crippen LogP contribution in [0.3, 0.4) is 0 Å². The van der Waals surface area contributed by atoms with Gasteiger partial charge in [-0.25, -0.2) is 15.0 Å². The van der Waals surface area contributed by atoms with E-state index < -0.39 is 0 Å². The van der Waals surface area contributed by atoms with Crippen molar-refractivity contribution in [3.05, 3.63) is 66.2 Å². The molecule has 3 heterocycles. The standard InChI is InChI=1S/C20H19N7/c1-12-5-3-8-17(25-12)27-20-18(21)19(22-11-23-20)26-16-7-4-6-15-14(16)10-9-13(2)24-15/h3-11H,21H2,1-2H3,(H2,22,23,25,26,27). The van der Waals surface area contributed by atoms with Gasteiger partial charge in [0.25, 0.3) is 0 Å². The number of aryl methyl sites for hydroxylation is 2. The number of fused-ring (bicyclic) bond motifs is 1. The lowest BCUT2D eigenvalue weighted by atomic mass is 10.1. The third-order valence-corrected chi connectivity index (χ3v) is 4.14. The Bertz CT molecular complexity index is 1120. The molecule has 7 heteroatoms. The maximum Gasteiger partial charge on any atom is 0.160 e. The van der Waals surface area contributed by atoms with E-state index in [0.29, 0.717) is 23.1 Å². The summed E-state index contributed by atoms with van der Waals surface area (Å²) in [6.07, 6.45) is 1.46. The van der Waals surface area contributed by atoms with Gasteiger partial charge in [-0.05, 0) is 50.2 Å². The molecule has 1 aromatic carbocycles. The van der Waals surface area contributed by atoms with Crippen molar-refractivity contribution in [3.63, 3.8) is 0 Å². The highest BCUT2D eigenvalue weighted by Crippen LogP contribution is 2.30. The Morgan fingerprint density at radius 3 is 2.33 bits per heavy atom. The molecule has 0 aliphatic carbocycles. The molecule has 0 saturated heterocycles. The Morgan fingerprint density at radius 2 is 1.52 bits per heavy atom. The summed E-state index contributed by atoms with van der Waals surface area (Å²) in [4.78, 5) is 17.5. The normalized spacial score (nSPS) is 10.7. The van der Waals surface area contributed by atoms with Crippen molar-refractivity contribution < 1.29 is 0 Å². The van der Waals surface area contributed by atoms with Gasteiger partial charge in [-0.3, -0.25) is 4.98 Å². The molecule has 0 spiro atoms. The van der Waals surface area contributed by atoms with Crippen LogP contribution in [0.2, 0.25) is 0 Å². The molecule has 0 saturated carbocycles. The van der Waals surface area contributed by atoms with Crippen LogP contribution >= 0.6 is 0 Å². The Labute approximate surface area is 156 Å². The van der Waals surface area contributed by atoms with E-state index in [1.54, 1.807) is 0 Å². The van der Waals surface area contributed by atoms with Gasteiger partial charge in [-0.2, -0.15) is 0 Å². The van der Waals surface area contributed by atoms with Crippen molar-refractivity contribution in [3.8, 4) is 0 Å². The quantitative estimate of drug-likeness (QED) is 0.505. The predicted octanol–water partition coefficient (Wildman–Crippen LogP) is 4.11. The monoisotopic (exact) mass is 357 g/mol. The number of hydrogen-bond donors (Lipinski definition) is 3. The number of rotatable bonds is 4. The van der Waals surface area contributed by atoms with Gasteiger partial charge in [0.2, 0.25) is 0 Å². The second kappa shape index (κ2) is 6.87. The summed E-state index contributed by atoms with van der Waals surface area (Å²) in [5.41, 5.74) is 10.4. The molecule has 0 radical (unpaired) electrons. The van der Waals surface area contributed by atoms with E-state index in [1.807, 2.05) is 62.4 Å². The first-order valence-electron chi connectivity index (χ1n) is 8.55. The van der Waals surface area contributed by atoms with Gasteiger partial charge in [0.15, 0.2) is 11.6 Å². The molecule has 0 aliphatic rings. The number of benzene rings is 1. The van der Waals surface area contributed by atoms with Crippen LogP contribution in [0, 0.1) is 13.8 Å². The molecule has 4 N–H and O–H groups in total. The lowest BCUT2D eigenvalue weighted by Crippen LogP contribution is -2.06. The Balaban J connectivity index is 1.67. The second-order valence-electron chi connectivity index (χ2n) is 6.22. The zero-order valence-corrected chi connectivity index (χ0v) is 15.1. The molecule has 0 amide bonds. The third-order valence-electron chi connectivity index (χ3n) is 4.14. The summed E-state index contributed by atoms with van der Waals surface area (Å²) in [7, 11) is 0. The van der Waals surface area contributed by atoms with Crippen LogP contribution in [-0.4, -0.2) is 19.9 Å². The van der Waals surface area contributed by atoms with Crippen LogP contribution in [0.5, 0.6) is 0 Å². The van der Waals surface area contributed by atoms with Gasteiger partial charge in [-0.15, -0.1) is 0 Å². The van der Waals surface area contributed by atoms with E-state index in [2.05, 4.69) is 30.6 Å². The molecule has 0 atom stereocenters. The molecular formula is C20H19N7. The molecule has 4 aromatic rings. The van der Waals surface area contributed by atoms with Gasteiger partial charge in [0.05, 0.1) is 5.52 Å². The number of nitrogens with one attached hydrogen (secondary N) is 2. The first-order chi connectivity index (χ1) is 13.1. The number of pyridine rings is 2. The minimum absolute atomic E-state index is 0.415. The van der Waals surface area contributed by atoms with Crippen LogP contribution in [0.15, 0.2) is 54.9 Å². The fraction of sp³-hybridized carbons (Fsp3) is 0.100. The first-order valence-corrected chi connectivity index (χ1v) is 8.55. The van der Waals surface area contributed by atoms with E-state index in [1.165, 1.54) is 6.33 Å². The number of nitrogens with zero attached hydrogens (tertiary/aromatic N) is 4. The predicted molar refractivity (Wildman–Crippen MR) is 108 cm³/mol. The van der Waals surface area contributed by atoms with Gasteiger partial charge in [0, 0.05) is 22.5 Å². The topological polar surface area (TPSA) is 102 Å². The summed E-state index contributed by atoms with van der Waals surface area (Å²) in [6, 6.07) is 15.6. The Hall–Kier alpha value is -3.74. The number of anilines is 5. The maximum atomic E-state index is 6.29. The maximum absolute atomic E-state index is 6.29. The lowest BCUT2D eigenvalue weighted by molar-refractivity contribution is 1.15. The highest BCUT2D eigenvalue weighted by atomic mass is 15.1. The van der Waals surface area contributed by atoms with E-state index in [0.717, 1.165) is 28.0 Å². The number of hydrogen-bond acceptors (Lipinski definition) is 7. The van der Waals surface area contributed by atoms with E-state index in [9.17, 15) is 0 Å². The average molecular weight is 357 g/mol. The average Bonchev–Trinajstić information content (AvgIpc) is 2.65. The Morgan fingerprint density at radius 1 is 0.778 bits per heavy atom. The smallest absolute Gasteiger partial charge is 0.160 e. The minimum Gasteiger partial charge on any atom is -0.393 e. The lowest BCUT2D eigenvalue weighted by Gasteiger charge is -2.13. The van der Waals surface area contributed by atoms with Crippen LogP contribution in [-0.2, 0) is 0 Å². The van der Waals surface area contributed by atoms with Crippen molar-refractivity contribution in [2.45, 2.75) is 13.8 Å². The van der Waals surface area contributed by atoms with Crippen LogP contribution in [0.25, 0.3) is 10.9 Å². The molecule has 0 unspecified atom stereocenters. The van der Waals surface area contributed by atoms with Gasteiger partial charge >= 0.3 is 0 Å². The van der Waals surface area contributed by atoms with Gasteiger partial charge in [-0.1, -0.05) is 12.1 Å². The van der Waals surface area contributed by atoms with E-state index in [4.69, 9.17) is 5.73 Å². The van der Waals surface area contributed by atoms with Crippen LogP contribution in [0.1, 0.15) is 11.4 Å². The van der Waals surface area contributed by atoms with Crippen LogP contribution < -0.4 is 16.4 Å². The molecule has 4 rings (SSSR count). The third kappa shape index (κ3) is 3.48. The fourth-order valence-corrected chi connectivity index (χ4v) is 2.82. The molecule has 27 heavy (non-hydrogen) atoms.